The Morgan fingerprint density at radius 1 is 1.37 bits per heavy atom. The van der Waals surface area contributed by atoms with Crippen LogP contribution in [0.2, 0.25) is 0 Å². The van der Waals surface area contributed by atoms with E-state index >= 15 is 0 Å². The number of carbonyl (C=O) groups is 1. The van der Waals surface area contributed by atoms with Crippen LogP contribution in [0.15, 0.2) is 0 Å². The molecule has 110 valence electrons. The normalized spacial score (nSPS) is 26.1. The van der Waals surface area contributed by atoms with Gasteiger partial charge in [0.15, 0.2) is 0 Å². The molecule has 0 aromatic heterocycles. The number of hydrogen-bond donors (Lipinski definition) is 1. The number of piperidine rings is 1. The Labute approximate surface area is 116 Å². The number of nitrogens with two attached hydrogens (primary N) is 1. The summed E-state index contributed by atoms with van der Waals surface area (Å²) in [5.74, 6) is 1.30. The van der Waals surface area contributed by atoms with E-state index in [1.807, 2.05) is 25.7 Å². The maximum atomic E-state index is 12.1. The Morgan fingerprint density at radius 3 is 2.63 bits per heavy atom. The minimum Gasteiger partial charge on any atom is -0.444 e. The second-order valence-electron chi connectivity index (χ2n) is 7.17. The lowest BCUT2D eigenvalue weighted by atomic mass is 9.90. The van der Waals surface area contributed by atoms with Crippen molar-refractivity contribution in [2.75, 3.05) is 13.1 Å². The van der Waals surface area contributed by atoms with Gasteiger partial charge in [-0.1, -0.05) is 0 Å². The summed E-state index contributed by atoms with van der Waals surface area (Å²) < 4.78 is 5.45. The second kappa shape index (κ2) is 5.70. The molecule has 2 rings (SSSR count). The fraction of sp³-hybridized carbons (Fsp3) is 0.933. The van der Waals surface area contributed by atoms with Gasteiger partial charge in [0.2, 0.25) is 0 Å². The summed E-state index contributed by atoms with van der Waals surface area (Å²) in [7, 11) is 0. The van der Waals surface area contributed by atoms with Crippen LogP contribution in [0.5, 0.6) is 0 Å². The molecule has 1 heterocycles. The van der Waals surface area contributed by atoms with E-state index in [-0.39, 0.29) is 6.09 Å². The molecule has 2 fully saturated rings. The number of carbonyl (C=O) groups excluding carboxylic acids is 1. The molecule has 2 unspecified atom stereocenters. The van der Waals surface area contributed by atoms with Crippen LogP contribution in [0.4, 0.5) is 4.79 Å². The van der Waals surface area contributed by atoms with Gasteiger partial charge in [0, 0.05) is 19.1 Å². The number of amides is 1. The Balaban J connectivity index is 1.80. The van der Waals surface area contributed by atoms with E-state index in [4.69, 9.17) is 10.5 Å². The molecule has 2 N–H and O–H groups in total. The van der Waals surface area contributed by atoms with Crippen LogP contribution in [0.1, 0.15) is 52.9 Å². The first-order valence-corrected chi connectivity index (χ1v) is 7.58. The van der Waals surface area contributed by atoms with Crippen LogP contribution in [0, 0.1) is 11.8 Å². The predicted octanol–water partition coefficient (Wildman–Crippen LogP) is 2.76. The van der Waals surface area contributed by atoms with E-state index in [0.717, 1.165) is 31.8 Å². The van der Waals surface area contributed by atoms with Crippen LogP contribution >= 0.6 is 0 Å². The highest BCUT2D eigenvalue weighted by Crippen LogP contribution is 2.35. The van der Waals surface area contributed by atoms with Crippen molar-refractivity contribution in [3.63, 3.8) is 0 Å². The number of likely N-dealkylation sites (tertiary alicyclic amines) is 1. The fourth-order valence-electron chi connectivity index (χ4n) is 2.85. The molecule has 1 aliphatic carbocycles. The summed E-state index contributed by atoms with van der Waals surface area (Å²) in [4.78, 5) is 13.9. The molecule has 1 saturated heterocycles. The molecular weight excluding hydrogens is 240 g/mol. The predicted molar refractivity (Wildman–Crippen MR) is 75.8 cm³/mol. The standard InChI is InChI=1S/C15H28N2O2/c1-15(2,3)19-14(18)17-8-4-5-11(10-17)9-13(16)12-6-7-12/h11-13H,4-10,16H2,1-3H3. The Morgan fingerprint density at radius 2 is 2.05 bits per heavy atom. The van der Waals surface area contributed by atoms with Gasteiger partial charge in [-0.15, -0.1) is 0 Å². The molecule has 0 aromatic carbocycles. The van der Waals surface area contributed by atoms with Crippen LogP contribution in [0.3, 0.4) is 0 Å². The Hall–Kier alpha value is -0.770. The molecule has 0 radical (unpaired) electrons. The van der Waals surface area contributed by atoms with Crippen molar-refractivity contribution >= 4 is 6.09 Å². The smallest absolute Gasteiger partial charge is 0.410 e. The summed E-state index contributed by atoms with van der Waals surface area (Å²) in [5.41, 5.74) is 5.79. The average Bonchev–Trinajstić information content (AvgIpc) is 3.10. The van der Waals surface area contributed by atoms with Crippen molar-refractivity contribution in [3.05, 3.63) is 0 Å². The third-order valence-electron chi connectivity index (χ3n) is 4.00. The summed E-state index contributed by atoms with van der Waals surface area (Å²) in [6.45, 7) is 7.37. The molecular formula is C15H28N2O2. The summed E-state index contributed by atoms with van der Waals surface area (Å²) in [6.07, 6.45) is 5.75. The molecule has 1 aliphatic heterocycles. The molecule has 4 nitrogen and oxygen atoms in total. The lowest BCUT2D eigenvalue weighted by Gasteiger charge is -2.35. The molecule has 1 saturated carbocycles. The first kappa shape index (κ1) is 14.6. The maximum absolute atomic E-state index is 12.1. The summed E-state index contributed by atoms with van der Waals surface area (Å²) in [6, 6.07) is 0.337. The van der Waals surface area contributed by atoms with E-state index in [9.17, 15) is 4.79 Å². The third kappa shape index (κ3) is 4.68. The monoisotopic (exact) mass is 268 g/mol. The first-order valence-electron chi connectivity index (χ1n) is 7.58. The van der Waals surface area contributed by atoms with Crippen molar-refractivity contribution < 1.29 is 9.53 Å². The SMILES string of the molecule is CC(C)(C)OC(=O)N1CCCC(CC(N)C2CC2)C1. The number of nitrogens with zero attached hydrogens (tertiary/aromatic N) is 1. The quantitative estimate of drug-likeness (QED) is 0.856. The zero-order chi connectivity index (χ0) is 14.0. The number of ether oxygens (including phenoxy) is 1. The van der Waals surface area contributed by atoms with Crippen LogP contribution in [0.25, 0.3) is 0 Å². The van der Waals surface area contributed by atoms with Crippen molar-refractivity contribution in [1.29, 1.82) is 0 Å². The maximum Gasteiger partial charge on any atom is 0.410 e. The highest BCUT2D eigenvalue weighted by atomic mass is 16.6. The molecule has 0 spiro atoms. The topological polar surface area (TPSA) is 55.6 Å². The number of hydrogen-bond acceptors (Lipinski definition) is 3. The highest BCUT2D eigenvalue weighted by Gasteiger charge is 2.33. The van der Waals surface area contributed by atoms with E-state index in [2.05, 4.69) is 0 Å². The van der Waals surface area contributed by atoms with Gasteiger partial charge in [-0.05, 0) is 64.7 Å². The molecule has 2 atom stereocenters. The fourth-order valence-corrected chi connectivity index (χ4v) is 2.85. The molecule has 19 heavy (non-hydrogen) atoms. The zero-order valence-corrected chi connectivity index (χ0v) is 12.5. The van der Waals surface area contributed by atoms with Gasteiger partial charge in [0.05, 0.1) is 0 Å². The average molecular weight is 268 g/mol. The van der Waals surface area contributed by atoms with Crippen molar-refractivity contribution in [2.45, 2.75) is 64.5 Å². The van der Waals surface area contributed by atoms with Crippen LogP contribution in [-0.2, 0) is 4.74 Å². The minimum atomic E-state index is -0.408. The lowest BCUT2D eigenvalue weighted by Crippen LogP contribution is -2.44. The van der Waals surface area contributed by atoms with Crippen molar-refractivity contribution in [3.8, 4) is 0 Å². The number of rotatable bonds is 3. The third-order valence-corrected chi connectivity index (χ3v) is 4.00. The van der Waals surface area contributed by atoms with Crippen LogP contribution < -0.4 is 5.73 Å². The van der Waals surface area contributed by atoms with Gasteiger partial charge in [0.25, 0.3) is 0 Å². The van der Waals surface area contributed by atoms with Gasteiger partial charge in [-0.3, -0.25) is 0 Å². The zero-order valence-electron chi connectivity index (χ0n) is 12.5. The molecule has 0 bridgehead atoms. The van der Waals surface area contributed by atoms with E-state index in [0.29, 0.717) is 12.0 Å². The molecule has 2 aliphatic rings. The Kier molecular flexibility index (Phi) is 4.39. The van der Waals surface area contributed by atoms with E-state index in [1.54, 1.807) is 0 Å². The first-order chi connectivity index (χ1) is 8.85. The van der Waals surface area contributed by atoms with Gasteiger partial charge >= 0.3 is 6.09 Å². The molecule has 0 aromatic rings. The van der Waals surface area contributed by atoms with Gasteiger partial charge < -0.3 is 15.4 Å². The largest absolute Gasteiger partial charge is 0.444 e. The van der Waals surface area contributed by atoms with Crippen molar-refractivity contribution in [1.82, 2.24) is 4.90 Å². The minimum absolute atomic E-state index is 0.169. The summed E-state index contributed by atoms with van der Waals surface area (Å²) in [5, 5.41) is 0. The highest BCUT2D eigenvalue weighted by molar-refractivity contribution is 5.68. The summed E-state index contributed by atoms with van der Waals surface area (Å²) >= 11 is 0. The van der Waals surface area contributed by atoms with Gasteiger partial charge in [-0.2, -0.15) is 0 Å². The molecule has 1 amide bonds. The van der Waals surface area contributed by atoms with Crippen molar-refractivity contribution in [2.24, 2.45) is 17.6 Å². The van der Waals surface area contributed by atoms with E-state index < -0.39 is 5.60 Å². The van der Waals surface area contributed by atoms with Crippen LogP contribution in [-0.4, -0.2) is 35.7 Å². The van der Waals surface area contributed by atoms with Gasteiger partial charge in [0.1, 0.15) is 5.60 Å². The van der Waals surface area contributed by atoms with E-state index in [1.165, 1.54) is 19.3 Å². The lowest BCUT2D eigenvalue weighted by molar-refractivity contribution is 0.0157. The molecule has 4 heteroatoms. The Bertz CT molecular complexity index is 321. The van der Waals surface area contributed by atoms with Gasteiger partial charge in [-0.25, -0.2) is 4.79 Å². The second-order valence-corrected chi connectivity index (χ2v) is 7.17.